The lowest BCUT2D eigenvalue weighted by atomic mass is 10.0. The van der Waals surface area contributed by atoms with Crippen LogP contribution in [0.15, 0.2) is 53.4 Å². The maximum Gasteiger partial charge on any atom is 0.261 e. The van der Waals surface area contributed by atoms with Gasteiger partial charge in [-0.25, -0.2) is 8.42 Å². The summed E-state index contributed by atoms with van der Waals surface area (Å²) in [6.07, 6.45) is 1.98. The number of ether oxygens (including phenoxy) is 1. The average Bonchev–Trinajstić information content (AvgIpc) is 2.47. The van der Waals surface area contributed by atoms with E-state index in [1.165, 1.54) is 6.07 Å². The molecule has 0 saturated carbocycles. The van der Waals surface area contributed by atoms with Crippen LogP contribution in [0.5, 0.6) is 5.75 Å². The molecule has 0 aliphatic heterocycles. The highest BCUT2D eigenvalue weighted by Gasteiger charge is 2.14. The molecule has 0 bridgehead atoms. The normalized spacial score (nSPS) is 11.3. The molecule has 0 saturated heterocycles. The largest absolute Gasteiger partial charge is 0.493 e. The van der Waals surface area contributed by atoms with Gasteiger partial charge in [0.25, 0.3) is 9.05 Å². The van der Waals surface area contributed by atoms with Gasteiger partial charge >= 0.3 is 0 Å². The molecule has 2 rings (SSSR count). The predicted octanol–water partition coefficient (Wildman–Crippen LogP) is 4.46. The van der Waals surface area contributed by atoms with Crippen LogP contribution in [0.4, 0.5) is 0 Å². The molecule has 0 aromatic heterocycles. The van der Waals surface area contributed by atoms with Crippen LogP contribution >= 0.6 is 10.7 Å². The van der Waals surface area contributed by atoms with Gasteiger partial charge in [0.2, 0.25) is 0 Å². The lowest BCUT2D eigenvalue weighted by Gasteiger charge is -2.12. The quantitative estimate of drug-likeness (QED) is 0.582. The Balaban J connectivity index is 2.45. The minimum atomic E-state index is -3.76. The van der Waals surface area contributed by atoms with Crippen LogP contribution in [-0.4, -0.2) is 15.0 Å². The molecule has 0 radical (unpaired) electrons. The fourth-order valence-electron chi connectivity index (χ4n) is 1.96. The van der Waals surface area contributed by atoms with Gasteiger partial charge in [0, 0.05) is 16.2 Å². The summed E-state index contributed by atoms with van der Waals surface area (Å²) in [7, 11) is 1.67. The molecule has 0 amide bonds. The first-order chi connectivity index (χ1) is 10.0. The smallest absolute Gasteiger partial charge is 0.261 e. The van der Waals surface area contributed by atoms with E-state index in [0.29, 0.717) is 12.4 Å². The van der Waals surface area contributed by atoms with Crippen molar-refractivity contribution in [3.63, 3.8) is 0 Å². The van der Waals surface area contributed by atoms with Gasteiger partial charge in [0.1, 0.15) is 5.75 Å². The number of rotatable bonds is 6. The van der Waals surface area contributed by atoms with E-state index in [1.54, 1.807) is 12.1 Å². The summed E-state index contributed by atoms with van der Waals surface area (Å²) in [5.74, 6) is 0.665. The van der Waals surface area contributed by atoms with Gasteiger partial charge in [0.05, 0.1) is 11.5 Å². The SMILES string of the molecule is CCCCOc1ccc(S(=O)(=O)Cl)cc1-c1ccccc1. The summed E-state index contributed by atoms with van der Waals surface area (Å²) in [6.45, 7) is 2.69. The highest BCUT2D eigenvalue weighted by Crippen LogP contribution is 2.33. The second kappa shape index (κ2) is 6.96. The van der Waals surface area contributed by atoms with Gasteiger partial charge in [-0.15, -0.1) is 0 Å². The van der Waals surface area contributed by atoms with E-state index >= 15 is 0 Å². The van der Waals surface area contributed by atoms with Crippen molar-refractivity contribution >= 4 is 19.7 Å². The molecule has 0 spiro atoms. The van der Waals surface area contributed by atoms with Crippen LogP contribution in [0, 0.1) is 0 Å². The molecule has 0 fully saturated rings. The van der Waals surface area contributed by atoms with E-state index in [9.17, 15) is 8.42 Å². The summed E-state index contributed by atoms with van der Waals surface area (Å²) >= 11 is 0. The maximum absolute atomic E-state index is 11.5. The molecule has 5 heteroatoms. The van der Waals surface area contributed by atoms with Gasteiger partial charge in [-0.3, -0.25) is 0 Å². The van der Waals surface area contributed by atoms with Crippen molar-refractivity contribution < 1.29 is 13.2 Å². The van der Waals surface area contributed by atoms with E-state index in [2.05, 4.69) is 6.92 Å². The van der Waals surface area contributed by atoms with Crippen molar-refractivity contribution in [3.8, 4) is 16.9 Å². The Morgan fingerprint density at radius 2 is 1.81 bits per heavy atom. The van der Waals surface area contributed by atoms with Crippen molar-refractivity contribution in [2.45, 2.75) is 24.7 Å². The molecule has 0 N–H and O–H groups in total. The molecule has 21 heavy (non-hydrogen) atoms. The van der Waals surface area contributed by atoms with Gasteiger partial charge in [-0.2, -0.15) is 0 Å². The van der Waals surface area contributed by atoms with Gasteiger partial charge in [0.15, 0.2) is 0 Å². The lowest BCUT2D eigenvalue weighted by Crippen LogP contribution is -2.00. The van der Waals surface area contributed by atoms with Gasteiger partial charge in [-0.05, 0) is 30.2 Å². The third-order valence-electron chi connectivity index (χ3n) is 3.07. The summed E-state index contributed by atoms with van der Waals surface area (Å²) in [5, 5.41) is 0. The second-order valence-corrected chi connectivity index (χ2v) is 7.23. The zero-order valence-corrected chi connectivity index (χ0v) is 13.3. The predicted molar refractivity (Wildman–Crippen MR) is 85.3 cm³/mol. The van der Waals surface area contributed by atoms with Crippen LogP contribution in [0.25, 0.3) is 11.1 Å². The number of unbranched alkanes of at least 4 members (excludes halogenated alkanes) is 1. The fourth-order valence-corrected chi connectivity index (χ4v) is 2.73. The summed E-state index contributed by atoms with van der Waals surface area (Å²) in [4.78, 5) is 0.0749. The second-order valence-electron chi connectivity index (χ2n) is 4.66. The Hall–Kier alpha value is -1.52. The monoisotopic (exact) mass is 324 g/mol. The van der Waals surface area contributed by atoms with E-state index in [4.69, 9.17) is 15.4 Å². The third-order valence-corrected chi connectivity index (χ3v) is 4.42. The molecule has 0 aliphatic rings. The van der Waals surface area contributed by atoms with Crippen molar-refractivity contribution in [2.24, 2.45) is 0 Å². The van der Waals surface area contributed by atoms with Crippen molar-refractivity contribution in [1.82, 2.24) is 0 Å². The minimum Gasteiger partial charge on any atom is -0.493 e. The van der Waals surface area contributed by atoms with Crippen molar-refractivity contribution in [1.29, 1.82) is 0 Å². The van der Waals surface area contributed by atoms with Crippen LogP contribution in [-0.2, 0) is 9.05 Å². The molecular formula is C16H17ClO3S. The Kier molecular flexibility index (Phi) is 5.26. The van der Waals surface area contributed by atoms with Crippen LogP contribution in [0.3, 0.4) is 0 Å². The Bertz CT molecular complexity index is 697. The third kappa shape index (κ3) is 4.22. The Morgan fingerprint density at radius 1 is 1.10 bits per heavy atom. The topological polar surface area (TPSA) is 43.4 Å². The molecule has 2 aromatic rings. The number of hydrogen-bond donors (Lipinski definition) is 0. The van der Waals surface area contributed by atoms with E-state index in [1.807, 2.05) is 30.3 Å². The molecule has 2 aromatic carbocycles. The Labute approximate surface area is 129 Å². The highest BCUT2D eigenvalue weighted by molar-refractivity contribution is 8.13. The van der Waals surface area contributed by atoms with Crippen LogP contribution < -0.4 is 4.74 Å². The lowest BCUT2D eigenvalue weighted by molar-refractivity contribution is 0.310. The first kappa shape index (κ1) is 15.9. The van der Waals surface area contributed by atoms with Crippen LogP contribution in [0.2, 0.25) is 0 Å². The minimum absolute atomic E-state index is 0.0749. The molecule has 0 aliphatic carbocycles. The first-order valence-electron chi connectivity index (χ1n) is 6.79. The van der Waals surface area contributed by atoms with E-state index < -0.39 is 9.05 Å². The number of benzene rings is 2. The van der Waals surface area contributed by atoms with Crippen molar-refractivity contribution in [3.05, 3.63) is 48.5 Å². The summed E-state index contributed by atoms with van der Waals surface area (Å²) in [6, 6.07) is 14.2. The number of hydrogen-bond acceptors (Lipinski definition) is 3. The maximum atomic E-state index is 11.5. The van der Waals surface area contributed by atoms with Gasteiger partial charge in [-0.1, -0.05) is 43.7 Å². The van der Waals surface area contributed by atoms with E-state index in [0.717, 1.165) is 24.0 Å². The molecule has 0 atom stereocenters. The zero-order chi connectivity index (χ0) is 15.3. The molecular weight excluding hydrogens is 308 g/mol. The molecule has 0 heterocycles. The summed E-state index contributed by atoms with van der Waals surface area (Å²) < 4.78 is 28.8. The first-order valence-corrected chi connectivity index (χ1v) is 9.10. The molecule has 112 valence electrons. The van der Waals surface area contributed by atoms with Gasteiger partial charge < -0.3 is 4.74 Å². The average molecular weight is 325 g/mol. The van der Waals surface area contributed by atoms with Crippen LogP contribution in [0.1, 0.15) is 19.8 Å². The van der Waals surface area contributed by atoms with E-state index in [-0.39, 0.29) is 4.90 Å². The Morgan fingerprint density at radius 3 is 2.43 bits per heavy atom. The highest BCUT2D eigenvalue weighted by atomic mass is 35.7. The fraction of sp³-hybridized carbons (Fsp3) is 0.250. The number of halogens is 1. The standard InChI is InChI=1S/C16H17ClO3S/c1-2-3-11-20-16-10-9-14(21(17,18)19)12-15(16)13-7-5-4-6-8-13/h4-10,12H,2-3,11H2,1H3. The van der Waals surface area contributed by atoms with Crippen molar-refractivity contribution in [2.75, 3.05) is 6.61 Å². The summed E-state index contributed by atoms with van der Waals surface area (Å²) in [5.41, 5.74) is 1.62. The molecule has 3 nitrogen and oxygen atoms in total. The zero-order valence-electron chi connectivity index (χ0n) is 11.8. The molecule has 0 unspecified atom stereocenters.